The molecule has 53 heavy (non-hydrogen) atoms. The lowest BCUT2D eigenvalue weighted by atomic mass is 9.85. The molecule has 6 rings (SSSR count). The highest BCUT2D eigenvalue weighted by Crippen LogP contribution is 2.47. The number of alkyl halides is 4. The Balaban J connectivity index is 1.31. The number of carboxylic acids is 1. The lowest BCUT2D eigenvalue weighted by Gasteiger charge is -2.36. The molecule has 1 aliphatic carbocycles. The van der Waals surface area contributed by atoms with Gasteiger partial charge in [-0.2, -0.15) is 13.2 Å². The summed E-state index contributed by atoms with van der Waals surface area (Å²) in [7, 11) is 1.57. The van der Waals surface area contributed by atoms with E-state index >= 15 is 4.39 Å². The second-order valence-electron chi connectivity index (χ2n) is 15.1. The van der Waals surface area contributed by atoms with Crippen LogP contribution in [0, 0.1) is 5.92 Å². The highest BCUT2D eigenvalue weighted by Gasteiger charge is 2.58. The number of aliphatic carboxylic acids is 1. The van der Waals surface area contributed by atoms with Crippen molar-refractivity contribution in [1.82, 2.24) is 9.80 Å². The van der Waals surface area contributed by atoms with E-state index in [9.17, 15) is 27.9 Å². The molecule has 9 nitrogen and oxygen atoms in total. The lowest BCUT2D eigenvalue weighted by molar-refractivity contribution is -0.146. The summed E-state index contributed by atoms with van der Waals surface area (Å²) in [5.74, 6) is -2.57. The van der Waals surface area contributed by atoms with E-state index in [2.05, 4.69) is 4.90 Å². The summed E-state index contributed by atoms with van der Waals surface area (Å²) in [6.07, 6.45) is 0.0914. The predicted octanol–water partition coefficient (Wildman–Crippen LogP) is 6.89. The molecule has 0 spiro atoms. The number of carbonyl (C=O) groups excluding carboxylic acids is 1. The van der Waals surface area contributed by atoms with Crippen molar-refractivity contribution in [3.63, 3.8) is 0 Å². The Morgan fingerprint density at radius 2 is 1.64 bits per heavy atom. The predicted molar refractivity (Wildman–Crippen MR) is 192 cm³/mol. The number of amides is 1. The zero-order valence-corrected chi connectivity index (χ0v) is 31.0. The van der Waals surface area contributed by atoms with Crippen LogP contribution < -0.4 is 9.64 Å². The maximum Gasteiger partial charge on any atom is 0.416 e. The minimum atomic E-state index is -4.57. The van der Waals surface area contributed by atoms with Gasteiger partial charge in [0, 0.05) is 69.5 Å². The number of carbonyl (C=O) groups is 2. The van der Waals surface area contributed by atoms with Crippen LogP contribution in [0.15, 0.2) is 42.5 Å². The fourth-order valence-corrected chi connectivity index (χ4v) is 9.11. The summed E-state index contributed by atoms with van der Waals surface area (Å²) in [4.78, 5) is 32.1. The van der Waals surface area contributed by atoms with E-state index in [1.54, 1.807) is 24.1 Å². The second kappa shape index (κ2) is 16.5. The number of halogens is 4. The van der Waals surface area contributed by atoms with Gasteiger partial charge in [0.05, 0.1) is 37.3 Å². The molecule has 1 amide bonds. The van der Waals surface area contributed by atoms with Crippen LogP contribution in [0.2, 0.25) is 0 Å². The van der Waals surface area contributed by atoms with Gasteiger partial charge in [0.2, 0.25) is 5.67 Å². The molecule has 3 heterocycles. The SMILES string of the molecule is CCOC[C@@H]1C[C@@H](c2ccc(C(F)(F)F)cc2N2CCC(C(=O)O)CC2)CN1C(=O)[C@]1(F)CN([C@H]2CC[C@H](OCC)CC2)C[C@H]1c1ccc(OC)cc1. The molecule has 4 atom stereocenters. The van der Waals surface area contributed by atoms with Crippen LogP contribution in [0.4, 0.5) is 23.2 Å². The molecule has 0 aromatic heterocycles. The molecule has 292 valence electrons. The van der Waals surface area contributed by atoms with Crippen molar-refractivity contribution in [3.05, 3.63) is 59.2 Å². The summed E-state index contributed by atoms with van der Waals surface area (Å²) in [6, 6.07) is 10.5. The van der Waals surface area contributed by atoms with Crippen LogP contribution in [-0.4, -0.2) is 110 Å². The summed E-state index contributed by atoms with van der Waals surface area (Å²) >= 11 is 0. The smallest absolute Gasteiger partial charge is 0.416 e. The quantitative estimate of drug-likeness (QED) is 0.235. The average molecular weight is 748 g/mol. The van der Waals surface area contributed by atoms with Crippen LogP contribution in [0.3, 0.4) is 0 Å². The molecule has 2 aromatic carbocycles. The van der Waals surface area contributed by atoms with Crippen molar-refractivity contribution in [3.8, 4) is 5.75 Å². The van der Waals surface area contributed by atoms with Crippen molar-refractivity contribution >= 4 is 17.6 Å². The number of benzene rings is 2. The number of nitrogens with zero attached hydrogens (tertiary/aromatic N) is 3. The van der Waals surface area contributed by atoms with Gasteiger partial charge in [0.15, 0.2) is 0 Å². The molecular weight excluding hydrogens is 694 g/mol. The molecule has 1 N–H and O–H groups in total. The van der Waals surface area contributed by atoms with Gasteiger partial charge in [-0.3, -0.25) is 14.5 Å². The molecule has 1 saturated carbocycles. The van der Waals surface area contributed by atoms with E-state index in [0.717, 1.165) is 37.8 Å². The van der Waals surface area contributed by atoms with Gasteiger partial charge in [-0.05, 0) is 94.2 Å². The normalized spacial score (nSPS) is 28.8. The van der Waals surface area contributed by atoms with E-state index in [1.807, 2.05) is 30.9 Å². The molecule has 3 aliphatic heterocycles. The average Bonchev–Trinajstić information content (AvgIpc) is 3.75. The second-order valence-corrected chi connectivity index (χ2v) is 15.1. The van der Waals surface area contributed by atoms with Gasteiger partial charge in [0.25, 0.3) is 5.91 Å². The Hall–Kier alpha value is -3.42. The molecular formula is C40H53F4N3O6. The molecule has 0 unspecified atom stereocenters. The number of methoxy groups -OCH3 is 1. The number of likely N-dealkylation sites (tertiary alicyclic amines) is 2. The number of rotatable bonds is 12. The first-order chi connectivity index (χ1) is 25.4. The lowest BCUT2D eigenvalue weighted by Crippen LogP contribution is -2.53. The minimum absolute atomic E-state index is 0.0565. The van der Waals surface area contributed by atoms with Gasteiger partial charge >= 0.3 is 12.1 Å². The van der Waals surface area contributed by atoms with Crippen LogP contribution in [0.1, 0.15) is 87.3 Å². The largest absolute Gasteiger partial charge is 0.497 e. The molecule has 0 radical (unpaired) electrons. The highest BCUT2D eigenvalue weighted by atomic mass is 19.4. The van der Waals surface area contributed by atoms with Gasteiger partial charge in [-0.15, -0.1) is 0 Å². The van der Waals surface area contributed by atoms with Crippen molar-refractivity contribution < 1.29 is 46.5 Å². The van der Waals surface area contributed by atoms with Crippen LogP contribution >= 0.6 is 0 Å². The third-order valence-corrected chi connectivity index (χ3v) is 12.0. The molecule has 2 aromatic rings. The topological polar surface area (TPSA) is 91.8 Å². The van der Waals surface area contributed by atoms with Crippen LogP contribution in [0.5, 0.6) is 5.75 Å². The highest BCUT2D eigenvalue weighted by molar-refractivity contribution is 5.88. The monoisotopic (exact) mass is 747 g/mol. The van der Waals surface area contributed by atoms with Crippen LogP contribution in [-0.2, 0) is 25.2 Å². The zero-order valence-electron chi connectivity index (χ0n) is 31.0. The van der Waals surface area contributed by atoms with E-state index < -0.39 is 47.2 Å². The van der Waals surface area contributed by atoms with Gasteiger partial charge in [0.1, 0.15) is 5.75 Å². The minimum Gasteiger partial charge on any atom is -0.497 e. The number of hydrogen-bond donors (Lipinski definition) is 1. The maximum absolute atomic E-state index is 18.1. The van der Waals surface area contributed by atoms with Crippen molar-refractivity contribution in [2.45, 2.75) is 101 Å². The number of carboxylic acid groups (broad SMARTS) is 1. The van der Waals surface area contributed by atoms with Crippen LogP contribution in [0.25, 0.3) is 0 Å². The Morgan fingerprint density at radius 1 is 0.943 bits per heavy atom. The van der Waals surface area contributed by atoms with Gasteiger partial charge in [-0.1, -0.05) is 18.2 Å². The Bertz CT molecular complexity index is 1560. The zero-order chi connectivity index (χ0) is 37.9. The Labute approximate surface area is 309 Å². The molecule has 13 heteroatoms. The Kier molecular flexibility index (Phi) is 12.2. The van der Waals surface area contributed by atoms with E-state index in [1.165, 1.54) is 6.07 Å². The van der Waals surface area contributed by atoms with Crippen molar-refractivity contribution in [2.75, 3.05) is 64.6 Å². The van der Waals surface area contributed by atoms with Gasteiger partial charge in [-0.25, -0.2) is 4.39 Å². The van der Waals surface area contributed by atoms with Gasteiger partial charge < -0.3 is 29.1 Å². The van der Waals surface area contributed by atoms with Crippen molar-refractivity contribution in [2.24, 2.45) is 5.92 Å². The summed E-state index contributed by atoms with van der Waals surface area (Å²) in [5, 5.41) is 9.54. The fraction of sp³-hybridized carbons (Fsp3) is 0.650. The fourth-order valence-electron chi connectivity index (χ4n) is 9.11. The third-order valence-electron chi connectivity index (χ3n) is 12.0. The summed E-state index contributed by atoms with van der Waals surface area (Å²) < 4.78 is 77.2. The van der Waals surface area contributed by atoms with E-state index in [-0.39, 0.29) is 37.8 Å². The van der Waals surface area contributed by atoms with E-state index in [0.29, 0.717) is 74.7 Å². The number of ether oxygens (including phenoxy) is 3. The number of anilines is 1. The van der Waals surface area contributed by atoms with Crippen molar-refractivity contribution in [1.29, 1.82) is 0 Å². The third kappa shape index (κ3) is 8.47. The maximum atomic E-state index is 18.1. The molecule has 3 saturated heterocycles. The molecule has 4 aliphatic rings. The van der Waals surface area contributed by atoms with E-state index in [4.69, 9.17) is 14.2 Å². The molecule has 4 fully saturated rings. The first-order valence-corrected chi connectivity index (χ1v) is 19.1. The molecule has 0 bridgehead atoms. The summed E-state index contributed by atoms with van der Waals surface area (Å²) in [6.45, 7) is 6.08. The summed E-state index contributed by atoms with van der Waals surface area (Å²) in [5.41, 5.74) is -1.31. The standard InChI is InChI=1S/C40H53F4N3O6/c1-4-52-24-31-20-28(34-15-8-29(40(42,43)44)21-36(34)45-18-16-27(17-19-45)37(48)49)22-47(31)38(50)39(41)25-46(30-9-13-33(14-10-30)53-5-2)23-35(39)26-6-11-32(51-3)12-7-26/h6-8,11-12,15,21,27-28,30-31,33,35H,4-5,9-10,13-14,16-20,22-25H2,1-3H3,(H,48,49)/t28-,30-,31+,33-,35+,39+/m1/s1. The first kappa shape index (κ1) is 39.3. The number of piperidine rings is 1. The first-order valence-electron chi connectivity index (χ1n) is 19.1. The Morgan fingerprint density at radius 3 is 2.25 bits per heavy atom. The number of hydrogen-bond acceptors (Lipinski definition) is 7.